The molecule has 0 radical (unpaired) electrons. The summed E-state index contributed by atoms with van der Waals surface area (Å²) >= 11 is 5.83. The lowest BCUT2D eigenvalue weighted by atomic mass is 9.93. The fourth-order valence-corrected chi connectivity index (χ4v) is 3.99. The van der Waals surface area contributed by atoms with Crippen LogP contribution in [-0.2, 0) is 9.59 Å². The van der Waals surface area contributed by atoms with Gasteiger partial charge in [-0.25, -0.2) is 4.79 Å². The summed E-state index contributed by atoms with van der Waals surface area (Å²) in [6.07, 6.45) is 4.19. The van der Waals surface area contributed by atoms with Gasteiger partial charge in [0.15, 0.2) is 0 Å². The number of carbonyl (C=O) groups excluding carboxylic acids is 1. The molecule has 0 aliphatic heterocycles. The van der Waals surface area contributed by atoms with Crippen LogP contribution < -0.4 is 16.4 Å². The van der Waals surface area contributed by atoms with E-state index in [1.807, 2.05) is 20.2 Å². The predicted octanol–water partition coefficient (Wildman–Crippen LogP) is 1.92. The molecule has 30 heavy (non-hydrogen) atoms. The van der Waals surface area contributed by atoms with Gasteiger partial charge in [0, 0.05) is 30.9 Å². The van der Waals surface area contributed by atoms with Crippen LogP contribution in [0.4, 0.5) is 0 Å². The summed E-state index contributed by atoms with van der Waals surface area (Å²) in [7, 11) is 1.95. The van der Waals surface area contributed by atoms with Gasteiger partial charge < -0.3 is 21.5 Å². The molecule has 6 atom stereocenters. The maximum atomic E-state index is 13.1. The van der Waals surface area contributed by atoms with Crippen LogP contribution in [0.25, 0.3) is 0 Å². The van der Waals surface area contributed by atoms with Crippen molar-refractivity contribution in [2.75, 3.05) is 37.9 Å². The first-order chi connectivity index (χ1) is 14.1. The Labute approximate surface area is 193 Å². The number of nitrogens with zero attached hydrogens (tertiary/aromatic N) is 1. The molecular formula is C21H44N4O3S2. The summed E-state index contributed by atoms with van der Waals surface area (Å²) in [5.74, 6) is 0.613. The highest BCUT2D eigenvalue weighted by Gasteiger charge is 2.33. The first-order valence-corrected chi connectivity index (χ1v) is 13.0. The molecule has 0 rings (SSSR count). The fourth-order valence-electron chi connectivity index (χ4n) is 3.39. The van der Waals surface area contributed by atoms with E-state index >= 15 is 0 Å². The van der Waals surface area contributed by atoms with Crippen molar-refractivity contribution in [3.63, 3.8) is 0 Å². The van der Waals surface area contributed by atoms with E-state index in [1.165, 1.54) is 0 Å². The van der Waals surface area contributed by atoms with Gasteiger partial charge >= 0.3 is 5.97 Å². The number of thioether (sulfide) groups is 1. The highest BCUT2D eigenvalue weighted by molar-refractivity contribution is 7.98. The van der Waals surface area contributed by atoms with Crippen LogP contribution in [0.5, 0.6) is 0 Å². The Hall–Kier alpha value is -0.480. The molecule has 0 aromatic rings. The number of hydrogen-bond donors (Lipinski definition) is 5. The first-order valence-electron chi connectivity index (χ1n) is 10.9. The minimum atomic E-state index is -0.983. The molecule has 0 heterocycles. The maximum absolute atomic E-state index is 13.1. The van der Waals surface area contributed by atoms with E-state index in [1.54, 1.807) is 11.8 Å². The summed E-state index contributed by atoms with van der Waals surface area (Å²) in [6, 6.07) is -1.09. The van der Waals surface area contributed by atoms with Gasteiger partial charge in [-0.1, -0.05) is 40.5 Å². The second-order valence-electron chi connectivity index (χ2n) is 8.29. The van der Waals surface area contributed by atoms with Crippen molar-refractivity contribution >= 4 is 36.3 Å². The number of carboxylic acids is 1. The number of carboxylic acid groups (broad SMARTS) is 1. The van der Waals surface area contributed by atoms with Gasteiger partial charge in [-0.2, -0.15) is 24.4 Å². The minimum Gasteiger partial charge on any atom is -0.480 e. The monoisotopic (exact) mass is 464 g/mol. The first kappa shape index (κ1) is 29.5. The zero-order chi connectivity index (χ0) is 23.3. The summed E-state index contributed by atoms with van der Waals surface area (Å²) in [5.41, 5.74) is 6.02. The Bertz CT molecular complexity index is 499. The number of rotatable bonds is 17. The number of carbonyl (C=O) groups is 2. The quantitative estimate of drug-likeness (QED) is 0.209. The van der Waals surface area contributed by atoms with Gasteiger partial charge in [0.2, 0.25) is 5.91 Å². The molecule has 7 nitrogen and oxygen atoms in total. The lowest BCUT2D eigenvalue weighted by Crippen LogP contribution is -2.56. The third kappa shape index (κ3) is 10.7. The molecule has 0 aromatic carbocycles. The molecule has 0 saturated heterocycles. The SMILES string of the molecule is CC[C@H](C)C(C(=O)N[C@@H](CCSC)C(=O)O)N(C)C[C@@H](NC[C@@H](N)CS)[C@@H](C)CC. The van der Waals surface area contributed by atoms with Crippen molar-refractivity contribution in [1.29, 1.82) is 0 Å². The van der Waals surface area contributed by atoms with E-state index in [0.717, 1.165) is 12.8 Å². The van der Waals surface area contributed by atoms with Crippen molar-refractivity contribution < 1.29 is 14.7 Å². The standard InChI is InChI=1S/C21H44N4O3S2/c1-7-14(3)18(23-11-16(22)13-29)12-25(5)19(15(4)8-2)20(26)24-17(21(27)28)9-10-30-6/h14-19,23,29H,7-13,22H2,1-6H3,(H,24,26)(H,27,28)/t14-,15-,16+,17-,18+,19?/m0/s1. The second kappa shape index (κ2) is 16.2. The lowest BCUT2D eigenvalue weighted by molar-refractivity contribution is -0.143. The van der Waals surface area contributed by atoms with Crippen LogP contribution >= 0.6 is 24.4 Å². The van der Waals surface area contributed by atoms with Crippen LogP contribution in [-0.4, -0.2) is 83.9 Å². The molecule has 0 spiro atoms. The Morgan fingerprint density at radius 2 is 1.80 bits per heavy atom. The zero-order valence-corrected chi connectivity index (χ0v) is 21.3. The average molecular weight is 465 g/mol. The van der Waals surface area contributed by atoms with E-state index in [-0.39, 0.29) is 23.9 Å². The summed E-state index contributed by atoms with van der Waals surface area (Å²) < 4.78 is 0. The van der Waals surface area contributed by atoms with Crippen LogP contribution in [0.1, 0.15) is 47.0 Å². The number of amides is 1. The molecule has 0 aliphatic rings. The number of hydrogen-bond acceptors (Lipinski definition) is 7. The normalized spacial score (nSPS) is 17.8. The van der Waals surface area contributed by atoms with Gasteiger partial charge in [-0.15, -0.1) is 0 Å². The van der Waals surface area contributed by atoms with Crippen molar-refractivity contribution in [3.8, 4) is 0 Å². The van der Waals surface area contributed by atoms with Crippen LogP contribution in [0, 0.1) is 11.8 Å². The van der Waals surface area contributed by atoms with Crippen molar-refractivity contribution in [3.05, 3.63) is 0 Å². The molecule has 0 saturated carbocycles. The van der Waals surface area contributed by atoms with Crippen molar-refractivity contribution in [2.45, 2.75) is 71.1 Å². The van der Waals surface area contributed by atoms with Crippen LogP contribution in [0.2, 0.25) is 0 Å². The second-order valence-corrected chi connectivity index (χ2v) is 9.64. The molecule has 0 bridgehead atoms. The molecular weight excluding hydrogens is 420 g/mol. The van der Waals surface area contributed by atoms with E-state index in [2.05, 4.69) is 48.9 Å². The molecule has 0 fully saturated rings. The van der Waals surface area contributed by atoms with Gasteiger partial charge in [0.05, 0.1) is 6.04 Å². The predicted molar refractivity (Wildman–Crippen MR) is 132 cm³/mol. The Morgan fingerprint density at radius 3 is 2.27 bits per heavy atom. The minimum absolute atomic E-state index is 0.0217. The Kier molecular flexibility index (Phi) is 15.9. The number of thiol groups is 1. The Morgan fingerprint density at radius 1 is 1.20 bits per heavy atom. The molecule has 1 unspecified atom stereocenters. The molecule has 9 heteroatoms. The maximum Gasteiger partial charge on any atom is 0.326 e. The number of nitrogens with one attached hydrogen (secondary N) is 2. The highest BCUT2D eigenvalue weighted by atomic mass is 32.2. The summed E-state index contributed by atoms with van der Waals surface area (Å²) in [4.78, 5) is 26.8. The molecule has 0 aliphatic carbocycles. The highest BCUT2D eigenvalue weighted by Crippen LogP contribution is 2.18. The molecule has 5 N–H and O–H groups in total. The molecule has 1 amide bonds. The van der Waals surface area contributed by atoms with Crippen LogP contribution in [0.3, 0.4) is 0 Å². The van der Waals surface area contributed by atoms with Gasteiger partial charge in [-0.05, 0) is 37.3 Å². The zero-order valence-electron chi connectivity index (χ0n) is 19.6. The largest absolute Gasteiger partial charge is 0.480 e. The topological polar surface area (TPSA) is 108 Å². The van der Waals surface area contributed by atoms with Crippen LogP contribution in [0.15, 0.2) is 0 Å². The van der Waals surface area contributed by atoms with Gasteiger partial charge in [-0.3, -0.25) is 9.69 Å². The van der Waals surface area contributed by atoms with Crippen molar-refractivity contribution in [1.82, 2.24) is 15.5 Å². The molecule has 0 aromatic heterocycles. The fraction of sp³-hybridized carbons (Fsp3) is 0.905. The van der Waals surface area contributed by atoms with Gasteiger partial charge in [0.1, 0.15) is 6.04 Å². The van der Waals surface area contributed by atoms with Crippen molar-refractivity contribution in [2.24, 2.45) is 17.6 Å². The number of aliphatic carboxylic acids is 1. The van der Waals surface area contributed by atoms with Gasteiger partial charge in [0.25, 0.3) is 0 Å². The molecule has 178 valence electrons. The van der Waals surface area contributed by atoms with E-state index in [0.29, 0.717) is 36.9 Å². The number of likely N-dealkylation sites (N-methyl/N-ethyl adjacent to an activating group) is 1. The average Bonchev–Trinajstić information content (AvgIpc) is 2.72. The lowest BCUT2D eigenvalue weighted by Gasteiger charge is -2.36. The smallest absolute Gasteiger partial charge is 0.326 e. The van der Waals surface area contributed by atoms with E-state index in [9.17, 15) is 14.7 Å². The third-order valence-corrected chi connectivity index (χ3v) is 6.96. The third-order valence-electron chi connectivity index (χ3n) is 5.84. The Balaban J connectivity index is 5.35. The summed E-state index contributed by atoms with van der Waals surface area (Å²) in [6.45, 7) is 9.79. The van der Waals surface area contributed by atoms with E-state index in [4.69, 9.17) is 5.73 Å². The summed E-state index contributed by atoms with van der Waals surface area (Å²) in [5, 5.41) is 15.8. The van der Waals surface area contributed by atoms with E-state index < -0.39 is 18.1 Å². The number of nitrogens with two attached hydrogens (primary N) is 1.